The van der Waals surface area contributed by atoms with Gasteiger partial charge in [0.25, 0.3) is 5.91 Å². The number of aromatic nitrogens is 2. The summed E-state index contributed by atoms with van der Waals surface area (Å²) in [6.45, 7) is 1.91. The van der Waals surface area contributed by atoms with Crippen LogP contribution < -0.4 is 5.32 Å². The van der Waals surface area contributed by atoms with E-state index in [9.17, 15) is 4.79 Å². The monoisotopic (exact) mass is 219 g/mol. The van der Waals surface area contributed by atoms with Crippen molar-refractivity contribution in [2.75, 3.05) is 5.32 Å². The largest absolute Gasteiger partial charge is 0.319 e. The van der Waals surface area contributed by atoms with E-state index in [-0.39, 0.29) is 5.91 Å². The van der Waals surface area contributed by atoms with Gasteiger partial charge in [-0.1, -0.05) is 0 Å². The first-order valence-electron chi connectivity index (χ1n) is 4.38. The van der Waals surface area contributed by atoms with Gasteiger partial charge in [-0.25, -0.2) is 9.97 Å². The van der Waals surface area contributed by atoms with Crippen LogP contribution >= 0.6 is 11.3 Å². The Bertz CT molecular complexity index is 467. The first-order chi connectivity index (χ1) is 7.27. The minimum absolute atomic E-state index is 0.114. The van der Waals surface area contributed by atoms with E-state index in [4.69, 9.17) is 0 Å². The molecule has 2 aromatic rings. The van der Waals surface area contributed by atoms with Crippen LogP contribution in [0.5, 0.6) is 0 Å². The quantitative estimate of drug-likeness (QED) is 0.841. The summed E-state index contributed by atoms with van der Waals surface area (Å²) >= 11 is 1.42. The lowest BCUT2D eigenvalue weighted by molar-refractivity contribution is 0.103. The molecular formula is C10H9N3OS. The van der Waals surface area contributed by atoms with Crippen molar-refractivity contribution in [2.45, 2.75) is 6.92 Å². The molecule has 4 nitrogen and oxygen atoms in total. The average molecular weight is 219 g/mol. The van der Waals surface area contributed by atoms with Crippen molar-refractivity contribution in [3.8, 4) is 0 Å². The SMILES string of the molecule is Cc1ccsc1C(=O)Nc1cncnc1. The van der Waals surface area contributed by atoms with E-state index in [1.165, 1.54) is 17.7 Å². The van der Waals surface area contributed by atoms with Crippen LogP contribution in [0.2, 0.25) is 0 Å². The Morgan fingerprint density at radius 3 is 2.73 bits per heavy atom. The number of hydrogen-bond donors (Lipinski definition) is 1. The van der Waals surface area contributed by atoms with Gasteiger partial charge in [0.05, 0.1) is 23.0 Å². The summed E-state index contributed by atoms with van der Waals surface area (Å²) in [5, 5.41) is 4.63. The molecule has 0 fully saturated rings. The standard InChI is InChI=1S/C10H9N3OS/c1-7-2-3-15-9(7)10(14)13-8-4-11-6-12-5-8/h2-6H,1H3,(H,13,14). The molecule has 0 saturated heterocycles. The highest BCUT2D eigenvalue weighted by atomic mass is 32.1. The number of rotatable bonds is 2. The first kappa shape index (κ1) is 9.79. The van der Waals surface area contributed by atoms with Gasteiger partial charge >= 0.3 is 0 Å². The number of carbonyl (C=O) groups excluding carboxylic acids is 1. The second-order valence-electron chi connectivity index (χ2n) is 3.01. The topological polar surface area (TPSA) is 54.9 Å². The third kappa shape index (κ3) is 2.19. The van der Waals surface area contributed by atoms with E-state index >= 15 is 0 Å². The van der Waals surface area contributed by atoms with Crippen molar-refractivity contribution in [1.29, 1.82) is 0 Å². The number of anilines is 1. The summed E-state index contributed by atoms with van der Waals surface area (Å²) in [7, 11) is 0. The van der Waals surface area contributed by atoms with Gasteiger partial charge in [-0.15, -0.1) is 11.3 Å². The molecule has 15 heavy (non-hydrogen) atoms. The molecule has 0 saturated carbocycles. The fraction of sp³-hybridized carbons (Fsp3) is 0.100. The molecule has 0 bridgehead atoms. The predicted octanol–water partition coefficient (Wildman–Crippen LogP) is 2.10. The van der Waals surface area contributed by atoms with Crippen LogP contribution in [0.3, 0.4) is 0 Å². The smallest absolute Gasteiger partial charge is 0.266 e. The van der Waals surface area contributed by atoms with Crippen LogP contribution in [-0.4, -0.2) is 15.9 Å². The van der Waals surface area contributed by atoms with Crippen LogP contribution in [0.15, 0.2) is 30.2 Å². The Hall–Kier alpha value is -1.75. The zero-order chi connectivity index (χ0) is 10.7. The summed E-state index contributed by atoms with van der Waals surface area (Å²) in [5.41, 5.74) is 1.59. The van der Waals surface area contributed by atoms with E-state index in [0.717, 1.165) is 10.4 Å². The Morgan fingerprint density at radius 1 is 1.40 bits per heavy atom. The van der Waals surface area contributed by atoms with Crippen LogP contribution in [0.25, 0.3) is 0 Å². The van der Waals surface area contributed by atoms with Crippen molar-refractivity contribution in [1.82, 2.24) is 9.97 Å². The molecule has 0 unspecified atom stereocenters. The molecule has 0 aliphatic rings. The van der Waals surface area contributed by atoms with Crippen molar-refractivity contribution in [3.05, 3.63) is 40.6 Å². The number of thiophene rings is 1. The third-order valence-corrected chi connectivity index (χ3v) is 2.90. The summed E-state index contributed by atoms with van der Waals surface area (Å²) in [6.07, 6.45) is 4.55. The maximum atomic E-state index is 11.7. The number of carbonyl (C=O) groups is 1. The second kappa shape index (κ2) is 4.18. The number of nitrogens with zero attached hydrogens (tertiary/aromatic N) is 2. The molecule has 76 valence electrons. The minimum Gasteiger partial charge on any atom is -0.319 e. The van der Waals surface area contributed by atoms with Gasteiger partial charge in [0.1, 0.15) is 6.33 Å². The van der Waals surface area contributed by atoms with Gasteiger partial charge in [-0.05, 0) is 23.9 Å². The summed E-state index contributed by atoms with van der Waals surface area (Å²) < 4.78 is 0. The third-order valence-electron chi connectivity index (χ3n) is 1.89. The van der Waals surface area contributed by atoms with Crippen LogP contribution in [0, 0.1) is 6.92 Å². The molecule has 0 atom stereocenters. The Morgan fingerprint density at radius 2 is 2.13 bits per heavy atom. The summed E-state index contributed by atoms with van der Waals surface area (Å²) in [4.78, 5) is 20.1. The van der Waals surface area contributed by atoms with Gasteiger partial charge in [0.2, 0.25) is 0 Å². The molecule has 1 amide bonds. The van der Waals surface area contributed by atoms with Gasteiger partial charge in [-0.3, -0.25) is 4.79 Å². The molecular weight excluding hydrogens is 210 g/mol. The lowest BCUT2D eigenvalue weighted by atomic mass is 10.3. The molecule has 2 aromatic heterocycles. The maximum Gasteiger partial charge on any atom is 0.266 e. The van der Waals surface area contributed by atoms with Crippen molar-refractivity contribution < 1.29 is 4.79 Å². The zero-order valence-electron chi connectivity index (χ0n) is 8.10. The van der Waals surface area contributed by atoms with Gasteiger partial charge in [0.15, 0.2) is 0 Å². The molecule has 5 heteroatoms. The Balaban J connectivity index is 2.15. The molecule has 0 aliphatic carbocycles. The van der Waals surface area contributed by atoms with Crippen LogP contribution in [-0.2, 0) is 0 Å². The molecule has 2 heterocycles. The Labute approximate surface area is 91.0 Å². The van der Waals surface area contributed by atoms with E-state index in [2.05, 4.69) is 15.3 Å². The summed E-state index contributed by atoms with van der Waals surface area (Å²) in [5.74, 6) is -0.114. The number of hydrogen-bond acceptors (Lipinski definition) is 4. The number of nitrogens with one attached hydrogen (secondary N) is 1. The average Bonchev–Trinajstić information content (AvgIpc) is 2.66. The molecule has 0 spiro atoms. The normalized spacial score (nSPS) is 9.93. The highest BCUT2D eigenvalue weighted by molar-refractivity contribution is 7.12. The lowest BCUT2D eigenvalue weighted by Crippen LogP contribution is -2.11. The lowest BCUT2D eigenvalue weighted by Gasteiger charge is -2.02. The fourth-order valence-electron chi connectivity index (χ4n) is 1.16. The highest BCUT2D eigenvalue weighted by Crippen LogP contribution is 2.16. The van der Waals surface area contributed by atoms with Crippen LogP contribution in [0.1, 0.15) is 15.2 Å². The van der Waals surface area contributed by atoms with E-state index in [0.29, 0.717) is 5.69 Å². The molecule has 2 rings (SSSR count). The molecule has 0 radical (unpaired) electrons. The first-order valence-corrected chi connectivity index (χ1v) is 5.26. The van der Waals surface area contributed by atoms with Crippen molar-refractivity contribution in [3.63, 3.8) is 0 Å². The van der Waals surface area contributed by atoms with E-state index < -0.39 is 0 Å². The minimum atomic E-state index is -0.114. The number of aryl methyl sites for hydroxylation is 1. The molecule has 1 N–H and O–H groups in total. The predicted molar refractivity (Wildman–Crippen MR) is 59.0 cm³/mol. The summed E-state index contributed by atoms with van der Waals surface area (Å²) in [6, 6.07) is 1.92. The fourth-order valence-corrected chi connectivity index (χ4v) is 1.98. The van der Waals surface area contributed by atoms with Gasteiger partial charge in [-0.2, -0.15) is 0 Å². The van der Waals surface area contributed by atoms with Gasteiger partial charge in [0, 0.05) is 0 Å². The van der Waals surface area contributed by atoms with E-state index in [1.807, 2.05) is 18.4 Å². The number of amides is 1. The molecule has 0 aromatic carbocycles. The van der Waals surface area contributed by atoms with Gasteiger partial charge < -0.3 is 5.32 Å². The second-order valence-corrected chi connectivity index (χ2v) is 3.93. The molecule has 0 aliphatic heterocycles. The van der Waals surface area contributed by atoms with Crippen molar-refractivity contribution >= 4 is 22.9 Å². The van der Waals surface area contributed by atoms with Crippen molar-refractivity contribution in [2.24, 2.45) is 0 Å². The van der Waals surface area contributed by atoms with Crippen LogP contribution in [0.4, 0.5) is 5.69 Å². The maximum absolute atomic E-state index is 11.7. The Kier molecular flexibility index (Phi) is 2.73. The zero-order valence-corrected chi connectivity index (χ0v) is 8.91. The van der Waals surface area contributed by atoms with E-state index in [1.54, 1.807) is 12.4 Å². The highest BCUT2D eigenvalue weighted by Gasteiger charge is 2.10.